The number of benzene rings is 1. The Kier molecular flexibility index (Phi) is 6.25. The number of hydrogen-bond donors (Lipinski definition) is 2. The first kappa shape index (κ1) is 16.8. The monoisotopic (exact) mass is 302 g/mol. The number of hydrogen-bond acceptors (Lipinski definition) is 2. The van der Waals surface area contributed by atoms with Crippen LogP contribution in [0.4, 0.5) is 0 Å². The molecule has 1 aromatic rings. The molecule has 1 heterocycles. The largest absolute Gasteiger partial charge is 0.370 e. The van der Waals surface area contributed by atoms with Crippen LogP contribution in [0, 0.1) is 13.8 Å². The summed E-state index contributed by atoms with van der Waals surface area (Å²) in [6.07, 6.45) is 3.51. The molecule has 1 aromatic carbocycles. The van der Waals surface area contributed by atoms with E-state index in [2.05, 4.69) is 54.2 Å². The van der Waals surface area contributed by atoms with Gasteiger partial charge in [-0.15, -0.1) is 0 Å². The van der Waals surface area contributed by atoms with Crippen molar-refractivity contribution in [3.8, 4) is 0 Å². The quantitative estimate of drug-likeness (QED) is 0.626. The van der Waals surface area contributed by atoms with Crippen LogP contribution in [0.3, 0.4) is 0 Å². The summed E-state index contributed by atoms with van der Waals surface area (Å²) < 4.78 is 0. The van der Waals surface area contributed by atoms with E-state index in [0.29, 0.717) is 12.0 Å². The maximum Gasteiger partial charge on any atom is 0.188 e. The Labute approximate surface area is 134 Å². The van der Waals surface area contributed by atoms with E-state index in [4.69, 9.17) is 5.73 Å². The molecule has 1 saturated heterocycles. The highest BCUT2D eigenvalue weighted by molar-refractivity contribution is 5.77. The van der Waals surface area contributed by atoms with Gasteiger partial charge in [0.1, 0.15) is 0 Å². The highest BCUT2D eigenvalue weighted by Crippen LogP contribution is 2.16. The number of nitrogens with one attached hydrogen (secondary N) is 1. The molecular formula is C18H30N4. The number of likely N-dealkylation sites (N-methyl/N-ethyl adjacent to an activating group) is 1. The predicted molar refractivity (Wildman–Crippen MR) is 94.4 cm³/mol. The third kappa shape index (κ3) is 4.73. The van der Waals surface area contributed by atoms with Gasteiger partial charge in [-0.3, -0.25) is 9.89 Å². The highest BCUT2D eigenvalue weighted by atomic mass is 15.2. The van der Waals surface area contributed by atoms with Gasteiger partial charge >= 0.3 is 0 Å². The third-order valence-corrected chi connectivity index (χ3v) is 4.58. The van der Waals surface area contributed by atoms with Gasteiger partial charge in [-0.2, -0.15) is 0 Å². The number of likely N-dealkylation sites (tertiary alicyclic amines) is 1. The fraction of sp³-hybridized carbons (Fsp3) is 0.611. The number of aryl methyl sites for hydroxylation is 2. The fourth-order valence-corrected chi connectivity index (χ4v) is 3.23. The van der Waals surface area contributed by atoms with Crippen LogP contribution >= 0.6 is 0 Å². The molecule has 1 aliphatic rings. The molecule has 4 heteroatoms. The van der Waals surface area contributed by atoms with Crippen LogP contribution in [0.1, 0.15) is 36.5 Å². The summed E-state index contributed by atoms with van der Waals surface area (Å²) >= 11 is 0. The minimum absolute atomic E-state index is 0.574. The summed E-state index contributed by atoms with van der Waals surface area (Å²) in [6, 6.07) is 7.17. The minimum Gasteiger partial charge on any atom is -0.370 e. The highest BCUT2D eigenvalue weighted by Gasteiger charge is 2.22. The first-order chi connectivity index (χ1) is 10.6. The SMILES string of the molecule is CCN1CCCC1CN=C(N)NCCc1ccc(C)cc1C. The van der Waals surface area contributed by atoms with Gasteiger partial charge < -0.3 is 11.1 Å². The zero-order chi connectivity index (χ0) is 15.9. The Bertz CT molecular complexity index is 510. The minimum atomic E-state index is 0.574. The standard InChI is InChI=1S/C18H30N4/c1-4-22-11-5-6-17(22)13-21-18(19)20-10-9-16-8-7-14(2)12-15(16)3/h7-8,12,17H,4-6,9-11,13H2,1-3H3,(H3,19,20,21). The lowest BCUT2D eigenvalue weighted by Crippen LogP contribution is -2.36. The molecule has 1 unspecified atom stereocenters. The molecule has 0 aromatic heterocycles. The van der Waals surface area contributed by atoms with E-state index in [0.717, 1.165) is 26.1 Å². The summed E-state index contributed by atoms with van der Waals surface area (Å²) in [7, 11) is 0. The van der Waals surface area contributed by atoms with Crippen molar-refractivity contribution in [1.29, 1.82) is 0 Å². The van der Waals surface area contributed by atoms with Crippen LogP contribution < -0.4 is 11.1 Å². The van der Waals surface area contributed by atoms with Crippen molar-refractivity contribution in [2.24, 2.45) is 10.7 Å². The predicted octanol–water partition coefficient (Wildman–Crippen LogP) is 2.23. The number of nitrogens with two attached hydrogens (primary N) is 1. The molecule has 22 heavy (non-hydrogen) atoms. The second-order valence-corrected chi connectivity index (χ2v) is 6.26. The van der Waals surface area contributed by atoms with Gasteiger partial charge in [-0.1, -0.05) is 30.7 Å². The Morgan fingerprint density at radius 2 is 2.23 bits per heavy atom. The van der Waals surface area contributed by atoms with Crippen molar-refractivity contribution in [3.05, 3.63) is 34.9 Å². The molecule has 0 spiro atoms. The van der Waals surface area contributed by atoms with E-state index in [9.17, 15) is 0 Å². The van der Waals surface area contributed by atoms with Crippen LogP contribution in [-0.4, -0.2) is 43.1 Å². The molecule has 1 fully saturated rings. The molecule has 0 radical (unpaired) electrons. The molecular weight excluding hydrogens is 272 g/mol. The average molecular weight is 302 g/mol. The normalized spacial score (nSPS) is 19.6. The zero-order valence-corrected chi connectivity index (χ0v) is 14.2. The first-order valence-corrected chi connectivity index (χ1v) is 8.44. The molecule has 1 aliphatic heterocycles. The Morgan fingerprint density at radius 1 is 1.41 bits per heavy atom. The summed E-state index contributed by atoms with van der Waals surface area (Å²) in [5.41, 5.74) is 10.0. The Balaban J connectivity index is 1.75. The molecule has 122 valence electrons. The van der Waals surface area contributed by atoms with E-state index >= 15 is 0 Å². The van der Waals surface area contributed by atoms with E-state index in [1.54, 1.807) is 0 Å². The van der Waals surface area contributed by atoms with Crippen molar-refractivity contribution in [3.63, 3.8) is 0 Å². The van der Waals surface area contributed by atoms with E-state index in [1.165, 1.54) is 36.1 Å². The lowest BCUT2D eigenvalue weighted by Gasteiger charge is -2.21. The number of rotatable bonds is 6. The van der Waals surface area contributed by atoms with Gasteiger partial charge in [0.15, 0.2) is 5.96 Å². The third-order valence-electron chi connectivity index (χ3n) is 4.58. The van der Waals surface area contributed by atoms with Crippen molar-refractivity contribution in [2.45, 2.75) is 46.1 Å². The van der Waals surface area contributed by atoms with Gasteiger partial charge in [0.25, 0.3) is 0 Å². The van der Waals surface area contributed by atoms with Gasteiger partial charge in [0.05, 0.1) is 6.54 Å². The molecule has 4 nitrogen and oxygen atoms in total. The molecule has 0 bridgehead atoms. The van der Waals surface area contributed by atoms with E-state index < -0.39 is 0 Å². The average Bonchev–Trinajstić information content (AvgIpc) is 2.95. The number of nitrogens with zero attached hydrogens (tertiary/aromatic N) is 2. The second kappa shape index (κ2) is 8.18. The molecule has 2 rings (SSSR count). The maximum atomic E-state index is 5.99. The second-order valence-electron chi connectivity index (χ2n) is 6.26. The van der Waals surface area contributed by atoms with E-state index in [-0.39, 0.29) is 0 Å². The lowest BCUT2D eigenvalue weighted by atomic mass is 10.0. The van der Waals surface area contributed by atoms with Crippen LogP contribution in [0.5, 0.6) is 0 Å². The van der Waals surface area contributed by atoms with Gasteiger partial charge in [-0.25, -0.2) is 0 Å². The van der Waals surface area contributed by atoms with Crippen molar-refractivity contribution in [1.82, 2.24) is 10.2 Å². The molecule has 0 aliphatic carbocycles. The Morgan fingerprint density at radius 3 is 2.95 bits per heavy atom. The number of aliphatic imine (C=N–C) groups is 1. The topological polar surface area (TPSA) is 53.6 Å². The van der Waals surface area contributed by atoms with Gasteiger partial charge in [0.2, 0.25) is 0 Å². The number of guanidine groups is 1. The lowest BCUT2D eigenvalue weighted by molar-refractivity contribution is 0.273. The Hall–Kier alpha value is -1.55. The first-order valence-electron chi connectivity index (χ1n) is 8.44. The van der Waals surface area contributed by atoms with Crippen LogP contribution in [-0.2, 0) is 6.42 Å². The van der Waals surface area contributed by atoms with Crippen molar-refractivity contribution < 1.29 is 0 Å². The van der Waals surface area contributed by atoms with Gasteiger partial charge in [-0.05, 0) is 57.3 Å². The molecule has 0 saturated carbocycles. The van der Waals surface area contributed by atoms with Crippen LogP contribution in [0.15, 0.2) is 23.2 Å². The smallest absolute Gasteiger partial charge is 0.188 e. The van der Waals surface area contributed by atoms with Crippen LogP contribution in [0.2, 0.25) is 0 Å². The summed E-state index contributed by atoms with van der Waals surface area (Å²) in [5.74, 6) is 0.577. The summed E-state index contributed by atoms with van der Waals surface area (Å²) in [4.78, 5) is 7.01. The molecule has 1 atom stereocenters. The van der Waals surface area contributed by atoms with Crippen molar-refractivity contribution >= 4 is 5.96 Å². The zero-order valence-electron chi connectivity index (χ0n) is 14.2. The maximum absolute atomic E-state index is 5.99. The summed E-state index contributed by atoms with van der Waals surface area (Å²) in [5, 5.41) is 3.24. The van der Waals surface area contributed by atoms with Gasteiger partial charge in [0, 0.05) is 12.6 Å². The van der Waals surface area contributed by atoms with Crippen LogP contribution in [0.25, 0.3) is 0 Å². The molecule has 0 amide bonds. The van der Waals surface area contributed by atoms with Crippen molar-refractivity contribution in [2.75, 3.05) is 26.2 Å². The summed E-state index contributed by atoms with van der Waals surface area (Å²) in [6.45, 7) is 10.5. The fourth-order valence-electron chi connectivity index (χ4n) is 3.23. The molecule has 3 N–H and O–H groups in total. The van der Waals surface area contributed by atoms with E-state index in [1.807, 2.05) is 0 Å².